The summed E-state index contributed by atoms with van der Waals surface area (Å²) in [4.78, 5) is 50.5. The van der Waals surface area contributed by atoms with E-state index in [1.54, 1.807) is 20.8 Å². The molecule has 9 heteroatoms. The molecule has 2 rings (SSSR count). The van der Waals surface area contributed by atoms with Gasteiger partial charge in [-0.15, -0.1) is 0 Å². The number of esters is 1. The van der Waals surface area contributed by atoms with Crippen LogP contribution in [0.3, 0.4) is 0 Å². The maximum Gasteiger partial charge on any atom is 0.410 e. The number of rotatable bonds is 7. The number of hydrogen-bond acceptors (Lipinski definition) is 6. The third-order valence-electron chi connectivity index (χ3n) is 4.81. The Morgan fingerprint density at radius 1 is 1.16 bits per heavy atom. The lowest BCUT2D eigenvalue weighted by molar-refractivity contribution is -0.149. The second kappa shape index (κ2) is 11.5. The summed E-state index contributed by atoms with van der Waals surface area (Å²) in [6, 6.07) is 8.16. The van der Waals surface area contributed by atoms with Crippen LogP contribution in [0.4, 0.5) is 4.79 Å². The van der Waals surface area contributed by atoms with Crippen LogP contribution in [-0.4, -0.2) is 60.1 Å². The van der Waals surface area contributed by atoms with Crippen LogP contribution in [0, 0.1) is 5.92 Å². The molecule has 0 aliphatic carbocycles. The van der Waals surface area contributed by atoms with Crippen LogP contribution in [0.5, 0.6) is 0 Å². The average molecular weight is 448 g/mol. The average Bonchev–Trinajstić information content (AvgIpc) is 2.74. The minimum Gasteiger partial charge on any atom is -0.459 e. The van der Waals surface area contributed by atoms with E-state index in [-0.39, 0.29) is 25.6 Å². The normalized spacial score (nSPS) is 17.1. The summed E-state index contributed by atoms with van der Waals surface area (Å²) in [6.07, 6.45) is 0.843. The van der Waals surface area contributed by atoms with Gasteiger partial charge in [0.2, 0.25) is 11.8 Å². The van der Waals surface area contributed by atoms with Gasteiger partial charge in [0.1, 0.15) is 18.2 Å². The fraction of sp³-hybridized carbons (Fsp3) is 0.565. The van der Waals surface area contributed by atoms with Gasteiger partial charge >= 0.3 is 12.1 Å². The van der Waals surface area contributed by atoms with Crippen LogP contribution in [0.25, 0.3) is 0 Å². The zero-order chi connectivity index (χ0) is 23.7. The summed E-state index contributed by atoms with van der Waals surface area (Å²) in [7, 11) is 0. The van der Waals surface area contributed by atoms with E-state index < -0.39 is 35.5 Å². The van der Waals surface area contributed by atoms with Crippen molar-refractivity contribution in [2.75, 3.05) is 19.6 Å². The van der Waals surface area contributed by atoms with Gasteiger partial charge < -0.3 is 25.0 Å². The van der Waals surface area contributed by atoms with Crippen molar-refractivity contribution >= 4 is 23.9 Å². The van der Waals surface area contributed by atoms with Gasteiger partial charge in [0, 0.05) is 26.6 Å². The van der Waals surface area contributed by atoms with Crippen LogP contribution in [0.1, 0.15) is 46.1 Å². The zero-order valence-electron chi connectivity index (χ0n) is 19.2. The van der Waals surface area contributed by atoms with E-state index in [9.17, 15) is 19.2 Å². The summed E-state index contributed by atoms with van der Waals surface area (Å²) < 4.78 is 10.7. The monoisotopic (exact) mass is 447 g/mol. The molecule has 1 saturated heterocycles. The van der Waals surface area contributed by atoms with Crippen molar-refractivity contribution in [3.05, 3.63) is 35.9 Å². The standard InChI is InChI=1S/C23H33N3O6/c1-16(27)25-19(21(29)31-15-17-9-6-5-7-10-17)13-24-20(28)18-11-8-12-26(14-18)22(30)32-23(2,3)4/h5-7,9-10,18-19H,8,11-15H2,1-4H3,(H,24,28)(H,25,27)/t18-,19?/m1/s1. The number of likely N-dealkylation sites (tertiary alicyclic amines) is 1. The summed E-state index contributed by atoms with van der Waals surface area (Å²) >= 11 is 0. The first kappa shape index (κ1) is 25.2. The van der Waals surface area contributed by atoms with Crippen LogP contribution in [-0.2, 0) is 30.5 Å². The Morgan fingerprint density at radius 3 is 2.47 bits per heavy atom. The molecule has 1 aliphatic heterocycles. The summed E-state index contributed by atoms with van der Waals surface area (Å²) in [5.41, 5.74) is 0.203. The second-order valence-electron chi connectivity index (χ2n) is 8.86. The van der Waals surface area contributed by atoms with Gasteiger partial charge in [-0.1, -0.05) is 30.3 Å². The smallest absolute Gasteiger partial charge is 0.410 e. The SMILES string of the molecule is CC(=O)NC(CNC(=O)[C@@H]1CCCN(C(=O)OC(C)(C)C)C1)C(=O)OCc1ccccc1. The van der Waals surface area contributed by atoms with Crippen molar-refractivity contribution < 1.29 is 28.7 Å². The molecule has 32 heavy (non-hydrogen) atoms. The molecule has 1 aromatic rings. The van der Waals surface area contributed by atoms with Crippen molar-refractivity contribution in [2.45, 2.75) is 58.8 Å². The van der Waals surface area contributed by atoms with Crippen LogP contribution >= 0.6 is 0 Å². The maximum absolute atomic E-state index is 12.7. The lowest BCUT2D eigenvalue weighted by Crippen LogP contribution is -2.51. The first-order chi connectivity index (χ1) is 15.0. The van der Waals surface area contributed by atoms with E-state index in [1.807, 2.05) is 30.3 Å². The van der Waals surface area contributed by atoms with E-state index in [4.69, 9.17) is 9.47 Å². The highest BCUT2D eigenvalue weighted by Gasteiger charge is 2.32. The number of piperidine rings is 1. The molecule has 1 unspecified atom stereocenters. The van der Waals surface area contributed by atoms with E-state index in [0.717, 1.165) is 5.56 Å². The molecule has 0 spiro atoms. The number of nitrogens with zero attached hydrogens (tertiary/aromatic N) is 1. The van der Waals surface area contributed by atoms with Crippen molar-refractivity contribution in [2.24, 2.45) is 5.92 Å². The largest absolute Gasteiger partial charge is 0.459 e. The fourth-order valence-corrected chi connectivity index (χ4v) is 3.30. The molecular formula is C23H33N3O6. The second-order valence-corrected chi connectivity index (χ2v) is 8.86. The van der Waals surface area contributed by atoms with E-state index in [2.05, 4.69) is 10.6 Å². The number of amides is 3. The molecule has 0 bridgehead atoms. The number of carbonyl (C=O) groups excluding carboxylic acids is 4. The third-order valence-corrected chi connectivity index (χ3v) is 4.81. The Labute approximate surface area is 188 Å². The summed E-state index contributed by atoms with van der Waals surface area (Å²) in [6.45, 7) is 7.39. The molecule has 2 atom stereocenters. The van der Waals surface area contributed by atoms with Crippen molar-refractivity contribution in [3.8, 4) is 0 Å². The Balaban J connectivity index is 1.89. The number of ether oxygens (including phenoxy) is 2. The van der Waals surface area contributed by atoms with Gasteiger partial charge in [-0.05, 0) is 39.2 Å². The number of benzene rings is 1. The quantitative estimate of drug-likeness (QED) is 0.618. The zero-order valence-corrected chi connectivity index (χ0v) is 19.2. The van der Waals surface area contributed by atoms with Crippen LogP contribution in [0.2, 0.25) is 0 Å². The molecule has 176 valence electrons. The van der Waals surface area contributed by atoms with Gasteiger partial charge in [-0.25, -0.2) is 9.59 Å². The molecule has 3 amide bonds. The number of carbonyl (C=O) groups is 4. The highest BCUT2D eigenvalue weighted by molar-refractivity contribution is 5.85. The van der Waals surface area contributed by atoms with Gasteiger partial charge in [-0.3, -0.25) is 9.59 Å². The predicted molar refractivity (Wildman–Crippen MR) is 117 cm³/mol. The number of nitrogens with one attached hydrogen (secondary N) is 2. The Hall–Kier alpha value is -3.10. The van der Waals surface area contributed by atoms with Gasteiger partial charge in [0.25, 0.3) is 0 Å². The molecule has 1 aliphatic rings. The highest BCUT2D eigenvalue weighted by atomic mass is 16.6. The molecular weight excluding hydrogens is 414 g/mol. The van der Waals surface area contributed by atoms with Crippen LogP contribution < -0.4 is 10.6 Å². The van der Waals surface area contributed by atoms with Gasteiger partial charge in [0.05, 0.1) is 5.92 Å². The minimum atomic E-state index is -1.01. The Bertz CT molecular complexity index is 806. The van der Waals surface area contributed by atoms with Crippen molar-refractivity contribution in [1.29, 1.82) is 0 Å². The summed E-state index contributed by atoms with van der Waals surface area (Å²) in [5.74, 6) is -1.75. The van der Waals surface area contributed by atoms with Crippen molar-refractivity contribution in [3.63, 3.8) is 0 Å². The maximum atomic E-state index is 12.7. The molecule has 0 saturated carbocycles. The molecule has 0 radical (unpaired) electrons. The minimum absolute atomic E-state index is 0.0666. The van der Waals surface area contributed by atoms with Crippen molar-refractivity contribution in [1.82, 2.24) is 15.5 Å². The molecule has 1 aromatic carbocycles. The lowest BCUT2D eigenvalue weighted by atomic mass is 9.97. The Kier molecular flexibility index (Phi) is 9.04. The molecule has 9 nitrogen and oxygen atoms in total. The lowest BCUT2D eigenvalue weighted by Gasteiger charge is -2.33. The first-order valence-corrected chi connectivity index (χ1v) is 10.8. The van der Waals surface area contributed by atoms with Gasteiger partial charge in [-0.2, -0.15) is 0 Å². The molecule has 2 N–H and O–H groups in total. The van der Waals surface area contributed by atoms with E-state index in [1.165, 1.54) is 11.8 Å². The first-order valence-electron chi connectivity index (χ1n) is 10.8. The van der Waals surface area contributed by atoms with E-state index >= 15 is 0 Å². The Morgan fingerprint density at radius 2 is 1.84 bits per heavy atom. The van der Waals surface area contributed by atoms with E-state index in [0.29, 0.717) is 19.4 Å². The predicted octanol–water partition coefficient (Wildman–Crippen LogP) is 2.00. The molecule has 0 aromatic heterocycles. The van der Waals surface area contributed by atoms with Gasteiger partial charge in [0.15, 0.2) is 0 Å². The third kappa shape index (κ3) is 8.56. The molecule has 1 heterocycles. The molecule has 1 fully saturated rings. The number of hydrogen-bond donors (Lipinski definition) is 2. The topological polar surface area (TPSA) is 114 Å². The fourth-order valence-electron chi connectivity index (χ4n) is 3.30. The highest BCUT2D eigenvalue weighted by Crippen LogP contribution is 2.19. The summed E-state index contributed by atoms with van der Waals surface area (Å²) in [5, 5.41) is 5.23. The van der Waals surface area contributed by atoms with Crippen LogP contribution in [0.15, 0.2) is 30.3 Å².